The predicted molar refractivity (Wildman–Crippen MR) is 73.5 cm³/mol. The van der Waals surface area contributed by atoms with E-state index in [1.54, 1.807) is 11.3 Å². The lowest BCUT2D eigenvalue weighted by atomic mass is 10.3. The fraction of sp³-hybridized carbons (Fsp3) is 0.333. The highest BCUT2D eigenvalue weighted by atomic mass is 32.1. The summed E-state index contributed by atoms with van der Waals surface area (Å²) in [5.74, 6) is 8.33. The fourth-order valence-corrected chi connectivity index (χ4v) is 2.39. The Morgan fingerprint density at radius 3 is 2.83 bits per heavy atom. The SMILES string of the molecule is NNc1cc(NCc2cccs2)nc(C2CC2)n1. The van der Waals surface area contributed by atoms with Gasteiger partial charge < -0.3 is 10.7 Å². The molecule has 1 aliphatic carbocycles. The first-order chi connectivity index (χ1) is 8.85. The lowest BCUT2D eigenvalue weighted by Gasteiger charge is -2.08. The number of hydrogen-bond donors (Lipinski definition) is 3. The molecule has 0 radical (unpaired) electrons. The standard InChI is InChI=1S/C12H15N5S/c13-17-11-6-10(14-7-9-2-1-5-18-9)15-12(16-11)8-3-4-8/h1-2,5-6,8H,3-4,7,13H2,(H2,14,15,16,17). The minimum absolute atomic E-state index is 0.514. The van der Waals surface area contributed by atoms with E-state index >= 15 is 0 Å². The Morgan fingerprint density at radius 2 is 2.17 bits per heavy atom. The van der Waals surface area contributed by atoms with E-state index in [1.807, 2.05) is 12.1 Å². The van der Waals surface area contributed by atoms with Crippen LogP contribution in [0, 0.1) is 0 Å². The highest BCUT2D eigenvalue weighted by molar-refractivity contribution is 7.09. The molecule has 0 amide bonds. The number of hydrogen-bond acceptors (Lipinski definition) is 6. The number of rotatable bonds is 5. The quantitative estimate of drug-likeness (QED) is 0.569. The number of nitrogens with one attached hydrogen (secondary N) is 2. The fourth-order valence-electron chi connectivity index (χ4n) is 1.75. The van der Waals surface area contributed by atoms with Gasteiger partial charge in [-0.1, -0.05) is 6.07 Å². The van der Waals surface area contributed by atoms with Crippen LogP contribution in [-0.2, 0) is 6.54 Å². The predicted octanol–water partition coefficient (Wildman–Crippen LogP) is 2.31. The molecular formula is C12H15N5S. The van der Waals surface area contributed by atoms with Gasteiger partial charge in [-0.3, -0.25) is 0 Å². The van der Waals surface area contributed by atoms with Crippen molar-refractivity contribution in [2.24, 2.45) is 5.84 Å². The molecule has 2 aromatic heterocycles. The van der Waals surface area contributed by atoms with Crippen LogP contribution in [0.2, 0.25) is 0 Å². The van der Waals surface area contributed by atoms with Gasteiger partial charge in [0.1, 0.15) is 17.5 Å². The van der Waals surface area contributed by atoms with Crippen molar-refractivity contribution in [3.05, 3.63) is 34.3 Å². The summed E-state index contributed by atoms with van der Waals surface area (Å²) in [5.41, 5.74) is 2.60. The van der Waals surface area contributed by atoms with Crippen LogP contribution >= 0.6 is 11.3 Å². The van der Waals surface area contributed by atoms with Crippen molar-refractivity contribution in [1.29, 1.82) is 0 Å². The second kappa shape index (κ2) is 4.91. The molecule has 0 saturated heterocycles. The molecule has 4 N–H and O–H groups in total. The Kier molecular flexibility index (Phi) is 3.12. The second-order valence-electron chi connectivity index (χ2n) is 4.35. The van der Waals surface area contributed by atoms with Crippen LogP contribution in [-0.4, -0.2) is 9.97 Å². The average molecular weight is 261 g/mol. The molecular weight excluding hydrogens is 246 g/mol. The summed E-state index contributed by atoms with van der Waals surface area (Å²) in [6, 6.07) is 5.98. The van der Waals surface area contributed by atoms with Crippen molar-refractivity contribution in [3.8, 4) is 0 Å². The Balaban J connectivity index is 1.75. The largest absolute Gasteiger partial charge is 0.365 e. The van der Waals surface area contributed by atoms with E-state index in [4.69, 9.17) is 5.84 Å². The van der Waals surface area contributed by atoms with Gasteiger partial charge in [0.2, 0.25) is 0 Å². The summed E-state index contributed by atoms with van der Waals surface area (Å²) >= 11 is 1.73. The van der Waals surface area contributed by atoms with Gasteiger partial charge in [-0.2, -0.15) is 0 Å². The highest BCUT2D eigenvalue weighted by Crippen LogP contribution is 2.38. The van der Waals surface area contributed by atoms with E-state index < -0.39 is 0 Å². The van der Waals surface area contributed by atoms with E-state index in [0.717, 1.165) is 18.2 Å². The molecule has 2 heterocycles. The van der Waals surface area contributed by atoms with Gasteiger partial charge in [0.05, 0.1) is 6.54 Å². The third-order valence-corrected chi connectivity index (χ3v) is 3.73. The van der Waals surface area contributed by atoms with Crippen molar-refractivity contribution >= 4 is 23.0 Å². The van der Waals surface area contributed by atoms with Crippen LogP contribution in [0.3, 0.4) is 0 Å². The van der Waals surface area contributed by atoms with E-state index in [9.17, 15) is 0 Å². The number of anilines is 2. The normalized spacial score (nSPS) is 14.5. The molecule has 3 rings (SSSR count). The first-order valence-electron chi connectivity index (χ1n) is 5.97. The molecule has 0 aromatic carbocycles. The maximum absolute atomic E-state index is 5.43. The van der Waals surface area contributed by atoms with Gasteiger partial charge in [0, 0.05) is 16.9 Å². The lowest BCUT2D eigenvalue weighted by Crippen LogP contribution is -2.12. The van der Waals surface area contributed by atoms with E-state index in [1.165, 1.54) is 17.7 Å². The lowest BCUT2D eigenvalue weighted by molar-refractivity contribution is 0.921. The summed E-state index contributed by atoms with van der Waals surface area (Å²) in [6.45, 7) is 0.781. The molecule has 18 heavy (non-hydrogen) atoms. The molecule has 1 aliphatic rings. The Hall–Kier alpha value is -1.66. The summed E-state index contributed by atoms with van der Waals surface area (Å²) in [4.78, 5) is 10.2. The Morgan fingerprint density at radius 1 is 1.33 bits per heavy atom. The van der Waals surface area contributed by atoms with Crippen molar-refractivity contribution in [1.82, 2.24) is 9.97 Å². The molecule has 0 unspecified atom stereocenters. The van der Waals surface area contributed by atoms with E-state index in [-0.39, 0.29) is 0 Å². The number of thiophene rings is 1. The highest BCUT2D eigenvalue weighted by Gasteiger charge is 2.27. The van der Waals surface area contributed by atoms with Crippen molar-refractivity contribution in [3.63, 3.8) is 0 Å². The molecule has 5 nitrogen and oxygen atoms in total. The first-order valence-corrected chi connectivity index (χ1v) is 6.85. The van der Waals surface area contributed by atoms with Gasteiger partial charge in [-0.25, -0.2) is 15.8 Å². The monoisotopic (exact) mass is 261 g/mol. The van der Waals surface area contributed by atoms with E-state index in [2.05, 4.69) is 32.2 Å². The van der Waals surface area contributed by atoms with Gasteiger partial charge >= 0.3 is 0 Å². The van der Waals surface area contributed by atoms with Gasteiger partial charge in [-0.05, 0) is 24.3 Å². The van der Waals surface area contributed by atoms with Crippen LogP contribution in [0.15, 0.2) is 23.6 Å². The molecule has 2 aromatic rings. The number of nitrogens with zero attached hydrogens (tertiary/aromatic N) is 2. The van der Waals surface area contributed by atoms with Crippen molar-refractivity contribution < 1.29 is 0 Å². The van der Waals surface area contributed by atoms with Crippen LogP contribution in [0.25, 0.3) is 0 Å². The second-order valence-corrected chi connectivity index (χ2v) is 5.38. The summed E-state index contributed by atoms with van der Waals surface area (Å²) in [6.07, 6.45) is 2.36. The zero-order valence-electron chi connectivity index (χ0n) is 9.89. The summed E-state index contributed by atoms with van der Waals surface area (Å²) < 4.78 is 0. The van der Waals surface area contributed by atoms with Crippen molar-refractivity contribution in [2.45, 2.75) is 25.3 Å². The number of hydrazine groups is 1. The van der Waals surface area contributed by atoms with Gasteiger partial charge in [0.15, 0.2) is 0 Å². The molecule has 0 spiro atoms. The van der Waals surface area contributed by atoms with Crippen molar-refractivity contribution in [2.75, 3.05) is 10.7 Å². The number of aromatic nitrogens is 2. The van der Waals surface area contributed by atoms with Gasteiger partial charge in [-0.15, -0.1) is 11.3 Å². The third kappa shape index (κ3) is 2.60. The molecule has 0 atom stereocenters. The minimum atomic E-state index is 0.514. The van der Waals surface area contributed by atoms with Crippen LogP contribution in [0.4, 0.5) is 11.6 Å². The van der Waals surface area contributed by atoms with Crippen LogP contribution < -0.4 is 16.6 Å². The summed E-state index contributed by atoms with van der Waals surface area (Å²) in [5, 5.41) is 5.38. The zero-order valence-corrected chi connectivity index (χ0v) is 10.7. The molecule has 1 saturated carbocycles. The minimum Gasteiger partial charge on any atom is -0.365 e. The number of nitrogens with two attached hydrogens (primary N) is 1. The topological polar surface area (TPSA) is 75.9 Å². The van der Waals surface area contributed by atoms with E-state index in [0.29, 0.717) is 11.7 Å². The molecule has 6 heteroatoms. The third-order valence-electron chi connectivity index (χ3n) is 2.86. The maximum Gasteiger partial charge on any atom is 0.145 e. The molecule has 0 bridgehead atoms. The number of nitrogen functional groups attached to an aromatic ring is 1. The van der Waals surface area contributed by atoms with Gasteiger partial charge in [0.25, 0.3) is 0 Å². The van der Waals surface area contributed by atoms with Crippen LogP contribution in [0.1, 0.15) is 29.5 Å². The maximum atomic E-state index is 5.43. The molecule has 1 fully saturated rings. The zero-order chi connectivity index (χ0) is 12.4. The summed E-state index contributed by atoms with van der Waals surface area (Å²) in [7, 11) is 0. The Labute approximate surface area is 109 Å². The average Bonchev–Trinajstić information content (AvgIpc) is 3.13. The molecule has 0 aliphatic heterocycles. The smallest absolute Gasteiger partial charge is 0.145 e. The van der Waals surface area contributed by atoms with Crippen LogP contribution in [0.5, 0.6) is 0 Å². The first kappa shape index (κ1) is 11.4. The molecule has 94 valence electrons. The Bertz CT molecular complexity index is 521.